The van der Waals surface area contributed by atoms with E-state index in [1.165, 1.54) is 42.0 Å². The third-order valence-electron chi connectivity index (χ3n) is 5.75. The number of aliphatic carboxylic acids is 1. The fourth-order valence-corrected chi connectivity index (χ4v) is 3.42. The van der Waals surface area contributed by atoms with Crippen LogP contribution in [0.25, 0.3) is 0 Å². The van der Waals surface area contributed by atoms with Crippen LogP contribution in [0.2, 0.25) is 0 Å². The summed E-state index contributed by atoms with van der Waals surface area (Å²) in [5, 5.41) is 7.12. The van der Waals surface area contributed by atoms with Crippen LogP contribution >= 0.6 is 0 Å². The Labute approximate surface area is 235 Å². The topological polar surface area (TPSA) is 200 Å². The molecular formula is C26H38F3N4O8+. The number of amides is 4. The van der Waals surface area contributed by atoms with Crippen LogP contribution in [0.5, 0.6) is 0 Å². The summed E-state index contributed by atoms with van der Waals surface area (Å²) >= 11 is 0. The first-order valence-corrected chi connectivity index (χ1v) is 13.1. The first-order valence-electron chi connectivity index (χ1n) is 13.1. The molecule has 15 heteroatoms. The minimum Gasteiger partial charge on any atom is -0.475 e. The number of carbonyl (C=O) groups is 7. The number of halogens is 3. The average Bonchev–Trinajstić information content (AvgIpc) is 3.42. The van der Waals surface area contributed by atoms with Crippen LogP contribution in [-0.4, -0.2) is 88.4 Å². The Morgan fingerprint density at radius 2 is 1.05 bits per heavy atom. The van der Waals surface area contributed by atoms with Gasteiger partial charge in [0.2, 0.25) is 0 Å². The van der Waals surface area contributed by atoms with Crippen molar-refractivity contribution in [1.82, 2.24) is 9.80 Å². The summed E-state index contributed by atoms with van der Waals surface area (Å²) in [6, 6.07) is 0. The molecule has 0 aromatic carbocycles. The van der Waals surface area contributed by atoms with Gasteiger partial charge in [-0.1, -0.05) is 38.5 Å². The van der Waals surface area contributed by atoms with Gasteiger partial charge in [0.1, 0.15) is 12.3 Å². The van der Waals surface area contributed by atoms with Crippen LogP contribution in [0.4, 0.5) is 13.2 Å². The predicted molar refractivity (Wildman–Crippen MR) is 138 cm³/mol. The van der Waals surface area contributed by atoms with Crippen molar-refractivity contribution in [3.05, 3.63) is 24.3 Å². The van der Waals surface area contributed by atoms with E-state index in [4.69, 9.17) is 15.6 Å². The van der Waals surface area contributed by atoms with Gasteiger partial charge in [0.05, 0.1) is 6.54 Å². The van der Waals surface area contributed by atoms with Crippen molar-refractivity contribution in [2.75, 3.05) is 26.2 Å². The highest BCUT2D eigenvalue weighted by Gasteiger charge is 2.38. The Hall–Kier alpha value is -3.72. The fourth-order valence-electron chi connectivity index (χ4n) is 3.42. The van der Waals surface area contributed by atoms with Gasteiger partial charge >= 0.3 is 12.1 Å². The zero-order chi connectivity index (χ0) is 31.4. The summed E-state index contributed by atoms with van der Waals surface area (Å²) in [5.41, 5.74) is 8.66. The highest BCUT2D eigenvalue weighted by Crippen LogP contribution is 2.13. The van der Waals surface area contributed by atoms with Crippen LogP contribution in [0.3, 0.4) is 0 Å². The monoisotopic (exact) mass is 591 g/mol. The lowest BCUT2D eigenvalue weighted by atomic mass is 10.1. The number of nitrogens with two attached hydrogens (primary N) is 1. The SMILES string of the molecule is NCC(=O)CCCCCCCCCCN1C(=O)C=CC1=O.O=C(O)C(F)(F)F.[NH3+]CC(=O)CCN1C(=O)C=CC1=O. The molecule has 0 saturated heterocycles. The number of quaternary nitrogens is 1. The molecule has 6 N–H and O–H groups in total. The quantitative estimate of drug-likeness (QED) is 0.171. The first kappa shape index (κ1) is 37.3. The maximum absolute atomic E-state index is 11.3. The third-order valence-corrected chi connectivity index (χ3v) is 5.75. The molecule has 0 aromatic heterocycles. The Kier molecular flexibility index (Phi) is 18.4. The number of Topliss-reactive ketones (excluding diaryl/α,β-unsaturated/α-hetero) is 2. The maximum Gasteiger partial charge on any atom is 0.490 e. The summed E-state index contributed by atoms with van der Waals surface area (Å²) < 4.78 is 31.7. The molecule has 2 rings (SSSR count). The Morgan fingerprint density at radius 1 is 0.683 bits per heavy atom. The van der Waals surface area contributed by atoms with E-state index in [2.05, 4.69) is 5.73 Å². The van der Waals surface area contributed by atoms with Gasteiger partial charge in [-0.25, -0.2) is 4.79 Å². The largest absolute Gasteiger partial charge is 0.490 e. The minimum atomic E-state index is -5.08. The minimum absolute atomic E-state index is 0.0486. The molecule has 0 bridgehead atoms. The number of unbranched alkanes of at least 4 members (excludes halogenated alkanes) is 7. The van der Waals surface area contributed by atoms with E-state index in [1.807, 2.05) is 0 Å². The van der Waals surface area contributed by atoms with Crippen molar-refractivity contribution >= 4 is 41.2 Å². The summed E-state index contributed by atoms with van der Waals surface area (Å²) in [6.07, 6.45) is 9.40. The van der Waals surface area contributed by atoms with Crippen LogP contribution in [0.15, 0.2) is 24.3 Å². The summed E-state index contributed by atoms with van der Waals surface area (Å²) in [4.78, 5) is 77.7. The fraction of sp³-hybridized carbons (Fsp3) is 0.577. The number of hydrogen-bond donors (Lipinski definition) is 3. The number of imide groups is 2. The predicted octanol–water partition coefficient (Wildman–Crippen LogP) is 0.696. The smallest absolute Gasteiger partial charge is 0.475 e. The molecule has 0 radical (unpaired) electrons. The van der Waals surface area contributed by atoms with Crippen molar-refractivity contribution < 1.29 is 57.6 Å². The molecule has 2 aliphatic rings. The molecule has 0 unspecified atom stereocenters. The van der Waals surface area contributed by atoms with E-state index in [1.54, 1.807) is 0 Å². The molecule has 0 aliphatic carbocycles. The lowest BCUT2D eigenvalue weighted by Gasteiger charge is -2.12. The van der Waals surface area contributed by atoms with Crippen LogP contribution in [-0.2, 0) is 33.6 Å². The number of carboxylic acids is 1. The average molecular weight is 592 g/mol. The molecular weight excluding hydrogens is 553 g/mol. The van der Waals surface area contributed by atoms with Gasteiger partial charge in [-0.05, 0) is 12.8 Å². The lowest BCUT2D eigenvalue weighted by Crippen LogP contribution is -2.54. The molecule has 12 nitrogen and oxygen atoms in total. The summed E-state index contributed by atoms with van der Waals surface area (Å²) in [6.45, 7) is 1.06. The number of hydrogen-bond acceptors (Lipinski definition) is 8. The first-order chi connectivity index (χ1) is 19.2. The number of carboxylic acid groups (broad SMARTS) is 1. The van der Waals surface area contributed by atoms with Crippen molar-refractivity contribution in [3.8, 4) is 0 Å². The highest BCUT2D eigenvalue weighted by molar-refractivity contribution is 6.13. The van der Waals surface area contributed by atoms with E-state index >= 15 is 0 Å². The van der Waals surface area contributed by atoms with Gasteiger partial charge in [0, 0.05) is 50.2 Å². The van der Waals surface area contributed by atoms with E-state index in [0.29, 0.717) is 13.0 Å². The molecule has 0 fully saturated rings. The van der Waals surface area contributed by atoms with Gasteiger partial charge < -0.3 is 16.6 Å². The molecule has 4 amide bonds. The standard InChI is InChI=1S/C16H26N2O3.C8H10N2O3.C2HF3O2/c17-13-14(19)9-7-5-3-1-2-4-6-8-12-18-15(20)10-11-16(18)21;9-5-6(11)3-4-10-7(12)1-2-8(10)13;3-2(4,5)1(6)7/h10-11H,1-9,12-13,17H2;1-2H,3-5,9H2;(H,6,7)/p+1. The third kappa shape index (κ3) is 16.9. The summed E-state index contributed by atoms with van der Waals surface area (Å²) in [7, 11) is 0. The zero-order valence-corrected chi connectivity index (χ0v) is 22.8. The van der Waals surface area contributed by atoms with E-state index in [9.17, 15) is 41.9 Å². The molecule has 41 heavy (non-hydrogen) atoms. The number of carbonyl (C=O) groups excluding carboxylic acids is 6. The second-order valence-electron chi connectivity index (χ2n) is 8.99. The number of nitrogens with zero attached hydrogens (tertiary/aromatic N) is 2. The van der Waals surface area contributed by atoms with Crippen molar-refractivity contribution in [2.24, 2.45) is 5.73 Å². The van der Waals surface area contributed by atoms with Crippen LogP contribution in [0, 0.1) is 0 Å². The van der Waals surface area contributed by atoms with Crippen molar-refractivity contribution in [3.63, 3.8) is 0 Å². The Balaban J connectivity index is 0.000000676. The van der Waals surface area contributed by atoms with Gasteiger partial charge in [0.25, 0.3) is 23.6 Å². The molecule has 0 aromatic rings. The highest BCUT2D eigenvalue weighted by atomic mass is 19.4. The van der Waals surface area contributed by atoms with E-state index < -0.39 is 12.1 Å². The molecule has 2 aliphatic heterocycles. The van der Waals surface area contributed by atoms with E-state index in [0.717, 1.165) is 43.4 Å². The maximum atomic E-state index is 11.3. The number of rotatable bonds is 16. The number of alkyl halides is 3. The zero-order valence-electron chi connectivity index (χ0n) is 22.8. The summed E-state index contributed by atoms with van der Waals surface area (Å²) in [5.74, 6) is -3.72. The van der Waals surface area contributed by atoms with Crippen molar-refractivity contribution in [1.29, 1.82) is 0 Å². The van der Waals surface area contributed by atoms with Crippen LogP contribution < -0.4 is 11.5 Å². The van der Waals surface area contributed by atoms with Crippen LogP contribution in [0.1, 0.15) is 64.2 Å². The van der Waals surface area contributed by atoms with Gasteiger partial charge in [-0.3, -0.25) is 38.6 Å². The van der Waals surface area contributed by atoms with Gasteiger partial charge in [-0.15, -0.1) is 0 Å². The second kappa shape index (κ2) is 20.2. The van der Waals surface area contributed by atoms with Gasteiger partial charge in [-0.2, -0.15) is 13.2 Å². The second-order valence-corrected chi connectivity index (χ2v) is 8.99. The Bertz CT molecular complexity index is 960. The molecule has 0 spiro atoms. The Morgan fingerprint density at radius 3 is 1.41 bits per heavy atom. The molecule has 0 atom stereocenters. The number of ketones is 2. The molecule has 2 heterocycles. The van der Waals surface area contributed by atoms with E-state index in [-0.39, 0.29) is 61.3 Å². The van der Waals surface area contributed by atoms with Crippen molar-refractivity contribution in [2.45, 2.75) is 70.4 Å². The molecule has 0 saturated carbocycles. The van der Waals surface area contributed by atoms with Gasteiger partial charge in [0.15, 0.2) is 5.78 Å². The normalized spacial score (nSPS) is 14.2. The molecule has 230 valence electrons. The lowest BCUT2D eigenvalue weighted by molar-refractivity contribution is -0.354.